The molecule has 332 valence electrons. The zero-order valence-corrected chi connectivity index (χ0v) is 38.5. The number of aromatic nitrogens is 2. The number of rotatable bonds is 7. The third-order valence-electron chi connectivity index (χ3n) is 14.8. The Balaban J connectivity index is 0.908. The second-order valence-corrected chi connectivity index (χ2v) is 18.8. The lowest BCUT2D eigenvalue weighted by atomic mass is 9.88. The zero-order valence-electron chi connectivity index (χ0n) is 38.5. The van der Waals surface area contributed by atoms with Crippen molar-refractivity contribution in [2.75, 3.05) is 0 Å². The van der Waals surface area contributed by atoms with Gasteiger partial charge in [-0.2, -0.15) is 0 Å². The van der Waals surface area contributed by atoms with Crippen LogP contribution >= 0.6 is 0 Å². The van der Waals surface area contributed by atoms with Crippen LogP contribution in [0.15, 0.2) is 234 Å². The first-order valence-corrected chi connectivity index (χ1v) is 24.5. The number of allylic oxidation sites excluding steroid dienone is 5. The van der Waals surface area contributed by atoms with E-state index in [1.807, 2.05) is 0 Å². The number of amidine groups is 2. The monoisotopic (exact) mass is 897 g/mol. The molecule has 9 aromatic carbocycles. The Kier molecular flexibility index (Phi) is 9.48. The first kappa shape index (κ1) is 40.3. The molecule has 0 fully saturated rings. The van der Waals surface area contributed by atoms with Crippen LogP contribution in [0.25, 0.3) is 82.8 Å². The molecule has 2 aliphatic carbocycles. The molecule has 3 heterocycles. The van der Waals surface area contributed by atoms with Gasteiger partial charge in [0.1, 0.15) is 12.0 Å². The van der Waals surface area contributed by atoms with Gasteiger partial charge in [0, 0.05) is 66.8 Å². The fourth-order valence-electron chi connectivity index (χ4n) is 11.5. The molecule has 0 amide bonds. The van der Waals surface area contributed by atoms with Crippen LogP contribution in [0.3, 0.4) is 0 Å². The van der Waals surface area contributed by atoms with Crippen molar-refractivity contribution in [1.29, 1.82) is 0 Å². The average Bonchev–Trinajstić information content (AvgIpc) is 3.95. The van der Waals surface area contributed by atoms with Crippen molar-refractivity contribution >= 4 is 77.7 Å². The Morgan fingerprint density at radius 1 is 0.500 bits per heavy atom. The smallest absolute Gasteiger partial charge is 0.159 e. The maximum absolute atomic E-state index is 5.44. The van der Waals surface area contributed by atoms with Gasteiger partial charge in [-0.05, 0) is 101 Å². The van der Waals surface area contributed by atoms with Crippen molar-refractivity contribution in [3.63, 3.8) is 0 Å². The molecule has 0 radical (unpaired) electrons. The SMILES string of the molecule is C1=CCC(c2ccccc2C2=NC(c3ccccc3-c3ccccc3)NC(c3ccc(-n4c5c(c6cc7ccccc7cc64)C=C(n4c6ccccc6c6ccc7ccccc7c64)CC5)cc3)=N2)C=C1. The minimum Gasteiger partial charge on any atom is -0.344 e. The first-order valence-electron chi connectivity index (χ1n) is 24.5. The molecule has 0 spiro atoms. The highest BCUT2D eigenvalue weighted by molar-refractivity contribution is 6.20. The largest absolute Gasteiger partial charge is 0.344 e. The summed E-state index contributed by atoms with van der Waals surface area (Å²) in [7, 11) is 0. The van der Waals surface area contributed by atoms with Crippen molar-refractivity contribution in [3.05, 3.63) is 258 Å². The van der Waals surface area contributed by atoms with E-state index in [4.69, 9.17) is 9.98 Å². The van der Waals surface area contributed by atoms with Gasteiger partial charge in [0.2, 0.25) is 0 Å². The number of para-hydroxylation sites is 1. The molecular formula is C65H47N5. The summed E-state index contributed by atoms with van der Waals surface area (Å²) in [5, 5.41) is 12.7. The van der Waals surface area contributed by atoms with Crippen LogP contribution in [0.5, 0.6) is 0 Å². The molecule has 2 aromatic heterocycles. The molecule has 5 nitrogen and oxygen atoms in total. The second kappa shape index (κ2) is 16.5. The van der Waals surface area contributed by atoms with Crippen LogP contribution in [0.2, 0.25) is 0 Å². The molecule has 2 unspecified atom stereocenters. The Hall–Kier alpha value is -8.80. The van der Waals surface area contributed by atoms with E-state index in [1.165, 1.54) is 76.8 Å². The lowest BCUT2D eigenvalue weighted by Gasteiger charge is -2.27. The number of fused-ring (bicyclic) bond motifs is 9. The van der Waals surface area contributed by atoms with Gasteiger partial charge in [0.15, 0.2) is 5.84 Å². The van der Waals surface area contributed by atoms with E-state index in [0.29, 0.717) is 0 Å². The van der Waals surface area contributed by atoms with Gasteiger partial charge in [-0.3, -0.25) is 0 Å². The maximum atomic E-state index is 5.44. The highest BCUT2D eigenvalue weighted by atomic mass is 15.2. The predicted octanol–water partition coefficient (Wildman–Crippen LogP) is 15.8. The minimum absolute atomic E-state index is 0.249. The summed E-state index contributed by atoms with van der Waals surface area (Å²) >= 11 is 0. The Morgan fingerprint density at radius 3 is 2.04 bits per heavy atom. The summed E-state index contributed by atoms with van der Waals surface area (Å²) in [6, 6.07) is 72.8. The third-order valence-corrected chi connectivity index (χ3v) is 14.8. The van der Waals surface area contributed by atoms with Gasteiger partial charge < -0.3 is 14.5 Å². The maximum Gasteiger partial charge on any atom is 0.159 e. The molecule has 0 saturated heterocycles. The number of hydrogen-bond donors (Lipinski definition) is 1. The van der Waals surface area contributed by atoms with Gasteiger partial charge in [-0.25, -0.2) is 9.98 Å². The van der Waals surface area contributed by atoms with E-state index in [0.717, 1.165) is 64.4 Å². The third kappa shape index (κ3) is 6.61. The van der Waals surface area contributed by atoms with Gasteiger partial charge in [0.25, 0.3) is 0 Å². The summed E-state index contributed by atoms with van der Waals surface area (Å²) in [6.07, 6.45) is 13.7. The molecule has 1 aliphatic heterocycles. The molecule has 11 aromatic rings. The van der Waals surface area contributed by atoms with Gasteiger partial charge in [-0.1, -0.05) is 182 Å². The number of nitrogens with zero attached hydrogens (tertiary/aromatic N) is 4. The zero-order chi connectivity index (χ0) is 46.1. The average molecular weight is 898 g/mol. The summed E-state index contributed by atoms with van der Waals surface area (Å²) < 4.78 is 5.07. The van der Waals surface area contributed by atoms with Gasteiger partial charge in [-0.15, -0.1) is 0 Å². The standard InChI is InChI=1S/C65H47N5/c1-3-17-42(18-4-1)50-24-11-13-28-55(50)64-66-63(67-65(68-64)56-29-14-12-25-51(56)43-19-5-2-6-20-43)45-31-34-48(35-32-45)69-60-38-36-49(41-58(60)57-39-46-22-7-8-23-47(46)40-61(57)69)70-59-30-16-15-27-53(59)54-37-33-44-21-9-10-26-52(44)62(54)70/h1-19,21-35,37,39-41,43,64H,20,36,38H2,(H,66,67,68). The van der Waals surface area contributed by atoms with Crippen molar-refractivity contribution in [2.45, 2.75) is 31.3 Å². The molecule has 14 rings (SSSR count). The summed E-state index contributed by atoms with van der Waals surface area (Å²) in [4.78, 5) is 10.8. The quantitative estimate of drug-likeness (QED) is 0.170. The molecular weight excluding hydrogens is 851 g/mol. The lowest BCUT2D eigenvalue weighted by molar-refractivity contribution is 0.675. The van der Waals surface area contributed by atoms with E-state index >= 15 is 0 Å². The van der Waals surface area contributed by atoms with Crippen LogP contribution in [0.1, 0.15) is 58.4 Å². The van der Waals surface area contributed by atoms with E-state index < -0.39 is 0 Å². The number of aliphatic imine (C=N–C) groups is 2. The predicted molar refractivity (Wildman–Crippen MR) is 293 cm³/mol. The minimum atomic E-state index is -0.365. The Morgan fingerprint density at radius 2 is 1.21 bits per heavy atom. The van der Waals surface area contributed by atoms with Crippen molar-refractivity contribution < 1.29 is 0 Å². The van der Waals surface area contributed by atoms with Crippen LogP contribution in [0, 0.1) is 0 Å². The van der Waals surface area contributed by atoms with Gasteiger partial charge in [0.05, 0.1) is 16.6 Å². The Labute approximate surface area is 406 Å². The normalized spacial score (nSPS) is 16.7. The van der Waals surface area contributed by atoms with Crippen LogP contribution in [0.4, 0.5) is 0 Å². The van der Waals surface area contributed by atoms with E-state index in [-0.39, 0.29) is 12.1 Å². The molecule has 70 heavy (non-hydrogen) atoms. The Bertz CT molecular complexity index is 4060. The molecule has 5 heteroatoms. The number of benzene rings is 9. The van der Waals surface area contributed by atoms with Crippen molar-refractivity contribution in [2.24, 2.45) is 9.98 Å². The van der Waals surface area contributed by atoms with E-state index in [2.05, 4.69) is 245 Å². The van der Waals surface area contributed by atoms with E-state index in [9.17, 15) is 0 Å². The molecule has 2 atom stereocenters. The summed E-state index contributed by atoms with van der Waals surface area (Å²) in [5.41, 5.74) is 15.5. The summed E-state index contributed by atoms with van der Waals surface area (Å²) in [6.45, 7) is 0. The summed E-state index contributed by atoms with van der Waals surface area (Å²) in [5.74, 6) is 1.79. The van der Waals surface area contributed by atoms with Crippen LogP contribution < -0.4 is 5.32 Å². The van der Waals surface area contributed by atoms with Crippen LogP contribution in [-0.4, -0.2) is 20.8 Å². The topological polar surface area (TPSA) is 46.6 Å². The fourth-order valence-corrected chi connectivity index (χ4v) is 11.5. The fraction of sp³-hybridized carbons (Fsp3) is 0.0769. The van der Waals surface area contributed by atoms with Crippen molar-refractivity contribution in [1.82, 2.24) is 14.5 Å². The van der Waals surface area contributed by atoms with Crippen LogP contribution in [-0.2, 0) is 6.42 Å². The highest BCUT2D eigenvalue weighted by Gasteiger charge is 2.28. The number of nitrogens with one attached hydrogen (secondary N) is 1. The molecule has 3 aliphatic rings. The van der Waals surface area contributed by atoms with Crippen molar-refractivity contribution in [3.8, 4) is 16.8 Å². The second-order valence-electron chi connectivity index (χ2n) is 18.8. The van der Waals surface area contributed by atoms with Gasteiger partial charge >= 0.3 is 0 Å². The molecule has 0 bridgehead atoms. The van der Waals surface area contributed by atoms with E-state index in [1.54, 1.807) is 0 Å². The molecule has 0 saturated carbocycles. The number of hydrogen-bond acceptors (Lipinski definition) is 3. The highest BCUT2D eigenvalue weighted by Crippen LogP contribution is 2.43. The first-order chi connectivity index (χ1) is 34.7. The lowest BCUT2D eigenvalue weighted by Crippen LogP contribution is -2.34. The molecule has 1 N–H and O–H groups in total.